The maximum absolute atomic E-state index is 11.6. The lowest BCUT2D eigenvalue weighted by Crippen LogP contribution is -2.44. The molecule has 0 heterocycles. The molecule has 0 spiro atoms. The van der Waals surface area contributed by atoms with Crippen molar-refractivity contribution in [2.75, 3.05) is 13.1 Å². The average molecular weight is 237 g/mol. The van der Waals surface area contributed by atoms with Gasteiger partial charge in [-0.25, -0.2) is 0 Å². The summed E-state index contributed by atoms with van der Waals surface area (Å²) in [4.78, 5) is 13.5. The maximum atomic E-state index is 11.6. The molecule has 0 unspecified atom stereocenters. The molecule has 0 aromatic carbocycles. The van der Waals surface area contributed by atoms with Gasteiger partial charge >= 0.3 is 0 Å². The molecule has 0 radical (unpaired) electrons. The van der Waals surface area contributed by atoms with Crippen molar-refractivity contribution >= 4 is 18.3 Å². The SMILES string of the molecule is CCC(CC)N(CC(C)C)C(=O)CN.Cl. The first-order chi connectivity index (χ1) is 6.56. The minimum atomic E-state index is 0. The summed E-state index contributed by atoms with van der Waals surface area (Å²) in [5.74, 6) is 0.582. The molecule has 0 aliphatic carbocycles. The van der Waals surface area contributed by atoms with Crippen LogP contribution in [0.3, 0.4) is 0 Å². The summed E-state index contributed by atoms with van der Waals surface area (Å²) in [5.41, 5.74) is 5.40. The number of hydrogen-bond acceptors (Lipinski definition) is 2. The second-order valence-electron chi connectivity index (χ2n) is 4.11. The van der Waals surface area contributed by atoms with Gasteiger partial charge < -0.3 is 10.6 Å². The monoisotopic (exact) mass is 236 g/mol. The van der Waals surface area contributed by atoms with Crippen LogP contribution in [-0.4, -0.2) is 29.9 Å². The molecular weight excluding hydrogens is 212 g/mol. The van der Waals surface area contributed by atoms with Crippen LogP contribution in [0.4, 0.5) is 0 Å². The normalized spacial score (nSPS) is 10.3. The van der Waals surface area contributed by atoms with Gasteiger partial charge in [0.25, 0.3) is 0 Å². The van der Waals surface area contributed by atoms with E-state index in [0.717, 1.165) is 19.4 Å². The van der Waals surface area contributed by atoms with Crippen LogP contribution in [0.2, 0.25) is 0 Å². The summed E-state index contributed by atoms with van der Waals surface area (Å²) in [6, 6.07) is 0.355. The second-order valence-corrected chi connectivity index (χ2v) is 4.11. The van der Waals surface area contributed by atoms with E-state index in [1.807, 2.05) is 4.90 Å². The summed E-state index contributed by atoms with van der Waals surface area (Å²) >= 11 is 0. The first-order valence-corrected chi connectivity index (χ1v) is 5.56. The van der Waals surface area contributed by atoms with Gasteiger partial charge in [-0.1, -0.05) is 27.7 Å². The fourth-order valence-corrected chi connectivity index (χ4v) is 1.69. The zero-order valence-corrected chi connectivity index (χ0v) is 11.1. The molecule has 0 aliphatic heterocycles. The lowest BCUT2D eigenvalue weighted by molar-refractivity contribution is -0.132. The summed E-state index contributed by atoms with van der Waals surface area (Å²) in [7, 11) is 0. The van der Waals surface area contributed by atoms with E-state index in [1.165, 1.54) is 0 Å². The Hall–Kier alpha value is -0.280. The van der Waals surface area contributed by atoms with Gasteiger partial charge in [-0.15, -0.1) is 12.4 Å². The van der Waals surface area contributed by atoms with Crippen LogP contribution in [0.15, 0.2) is 0 Å². The third-order valence-electron chi connectivity index (χ3n) is 2.44. The van der Waals surface area contributed by atoms with E-state index < -0.39 is 0 Å². The molecule has 4 heteroatoms. The molecule has 0 fully saturated rings. The highest BCUT2D eigenvalue weighted by atomic mass is 35.5. The van der Waals surface area contributed by atoms with Crippen molar-refractivity contribution in [3.05, 3.63) is 0 Å². The van der Waals surface area contributed by atoms with Crippen LogP contribution in [0.5, 0.6) is 0 Å². The summed E-state index contributed by atoms with van der Waals surface area (Å²) in [6.45, 7) is 9.43. The van der Waals surface area contributed by atoms with Gasteiger partial charge in [0, 0.05) is 12.6 Å². The minimum Gasteiger partial charge on any atom is -0.338 e. The smallest absolute Gasteiger partial charge is 0.236 e. The topological polar surface area (TPSA) is 46.3 Å². The van der Waals surface area contributed by atoms with E-state index in [-0.39, 0.29) is 24.9 Å². The van der Waals surface area contributed by atoms with Crippen molar-refractivity contribution < 1.29 is 4.79 Å². The Kier molecular flexibility index (Phi) is 10.3. The van der Waals surface area contributed by atoms with E-state index >= 15 is 0 Å². The molecule has 15 heavy (non-hydrogen) atoms. The molecule has 0 aromatic rings. The number of nitrogens with zero attached hydrogens (tertiary/aromatic N) is 1. The van der Waals surface area contributed by atoms with Crippen molar-refractivity contribution in [3.63, 3.8) is 0 Å². The van der Waals surface area contributed by atoms with Crippen molar-refractivity contribution in [2.24, 2.45) is 11.7 Å². The summed E-state index contributed by atoms with van der Waals surface area (Å²) in [5, 5.41) is 0. The van der Waals surface area contributed by atoms with Gasteiger partial charge in [0.2, 0.25) is 5.91 Å². The predicted octanol–water partition coefficient (Wildman–Crippen LogP) is 2.04. The van der Waals surface area contributed by atoms with E-state index in [2.05, 4.69) is 27.7 Å². The van der Waals surface area contributed by atoms with E-state index in [4.69, 9.17) is 5.73 Å². The molecule has 0 atom stereocenters. The number of carbonyl (C=O) groups is 1. The van der Waals surface area contributed by atoms with Crippen LogP contribution in [0.25, 0.3) is 0 Å². The Morgan fingerprint density at radius 2 is 1.73 bits per heavy atom. The van der Waals surface area contributed by atoms with Crippen LogP contribution in [0, 0.1) is 5.92 Å². The van der Waals surface area contributed by atoms with Crippen molar-refractivity contribution in [2.45, 2.75) is 46.6 Å². The maximum Gasteiger partial charge on any atom is 0.236 e. The first-order valence-electron chi connectivity index (χ1n) is 5.56. The highest BCUT2D eigenvalue weighted by molar-refractivity contribution is 5.85. The number of amides is 1. The lowest BCUT2D eigenvalue weighted by Gasteiger charge is -2.31. The average Bonchev–Trinajstić information content (AvgIpc) is 2.16. The Balaban J connectivity index is 0. The van der Waals surface area contributed by atoms with Gasteiger partial charge in [0.1, 0.15) is 0 Å². The van der Waals surface area contributed by atoms with Gasteiger partial charge in [-0.2, -0.15) is 0 Å². The number of nitrogens with two attached hydrogens (primary N) is 1. The molecular formula is C11H25ClN2O. The largest absolute Gasteiger partial charge is 0.338 e. The number of hydrogen-bond donors (Lipinski definition) is 1. The van der Waals surface area contributed by atoms with Crippen molar-refractivity contribution in [3.8, 4) is 0 Å². The molecule has 0 bridgehead atoms. The Morgan fingerprint density at radius 1 is 1.27 bits per heavy atom. The lowest BCUT2D eigenvalue weighted by atomic mass is 10.1. The third kappa shape index (κ3) is 6.00. The first kappa shape index (κ1) is 17.1. The van der Waals surface area contributed by atoms with Gasteiger partial charge in [0.05, 0.1) is 6.54 Å². The Morgan fingerprint density at radius 3 is 2.00 bits per heavy atom. The minimum absolute atomic E-state index is 0. The molecule has 0 aromatic heterocycles. The zero-order valence-electron chi connectivity index (χ0n) is 10.3. The summed E-state index contributed by atoms with van der Waals surface area (Å²) in [6.07, 6.45) is 2.02. The number of halogens is 1. The fourth-order valence-electron chi connectivity index (χ4n) is 1.69. The zero-order chi connectivity index (χ0) is 11.1. The van der Waals surface area contributed by atoms with Gasteiger partial charge in [0.15, 0.2) is 0 Å². The highest BCUT2D eigenvalue weighted by Crippen LogP contribution is 2.11. The summed E-state index contributed by atoms with van der Waals surface area (Å²) < 4.78 is 0. The highest BCUT2D eigenvalue weighted by Gasteiger charge is 2.20. The number of carbonyl (C=O) groups excluding carboxylic acids is 1. The van der Waals surface area contributed by atoms with Crippen molar-refractivity contribution in [1.82, 2.24) is 4.90 Å². The number of rotatable bonds is 6. The van der Waals surface area contributed by atoms with E-state index in [0.29, 0.717) is 12.0 Å². The van der Waals surface area contributed by atoms with E-state index in [1.54, 1.807) is 0 Å². The molecule has 0 rings (SSSR count). The molecule has 3 nitrogen and oxygen atoms in total. The Labute approximate surface area is 99.8 Å². The Bertz CT molecular complexity index is 170. The fraction of sp³-hybridized carbons (Fsp3) is 0.909. The standard InChI is InChI=1S/C11H24N2O.ClH/c1-5-10(6-2)13(8-9(3)4)11(14)7-12;/h9-10H,5-8,12H2,1-4H3;1H. The van der Waals surface area contributed by atoms with Gasteiger partial charge in [-0.05, 0) is 18.8 Å². The van der Waals surface area contributed by atoms with Crippen LogP contribution in [-0.2, 0) is 4.79 Å². The van der Waals surface area contributed by atoms with E-state index in [9.17, 15) is 4.79 Å². The predicted molar refractivity (Wildman–Crippen MR) is 67.2 cm³/mol. The second kappa shape index (κ2) is 8.98. The molecule has 0 saturated carbocycles. The van der Waals surface area contributed by atoms with Crippen LogP contribution >= 0.6 is 12.4 Å². The molecule has 92 valence electrons. The molecule has 0 saturated heterocycles. The molecule has 1 amide bonds. The van der Waals surface area contributed by atoms with Crippen LogP contribution < -0.4 is 5.73 Å². The third-order valence-corrected chi connectivity index (χ3v) is 2.44. The van der Waals surface area contributed by atoms with Gasteiger partial charge in [-0.3, -0.25) is 4.79 Å². The van der Waals surface area contributed by atoms with Crippen molar-refractivity contribution in [1.29, 1.82) is 0 Å². The molecule has 0 aliphatic rings. The molecule has 2 N–H and O–H groups in total. The van der Waals surface area contributed by atoms with Crippen LogP contribution in [0.1, 0.15) is 40.5 Å². The quantitative estimate of drug-likeness (QED) is 0.767.